The van der Waals surface area contributed by atoms with Gasteiger partial charge in [-0.3, -0.25) is 14.6 Å². The maximum absolute atomic E-state index is 12.6. The molecule has 40 heavy (non-hydrogen) atoms. The zero-order valence-electron chi connectivity index (χ0n) is 24.7. The number of hydrogen-bond donors (Lipinski definition) is 2. The molecule has 0 aromatic heterocycles. The van der Waals surface area contributed by atoms with E-state index in [1.807, 2.05) is 83.3 Å². The zero-order valence-corrected chi connectivity index (χ0v) is 24.7. The SMILES string of the molecule is C=C/C=C\C(=C)C=O.C=Cc1cc(C(=O)Nc2ccc(-c3ccc(NC)cc3)cc2)ccc1C=NC.CC.CC. The van der Waals surface area contributed by atoms with Gasteiger partial charge in [-0.25, -0.2) is 0 Å². The van der Waals surface area contributed by atoms with Gasteiger partial charge in [0.05, 0.1) is 0 Å². The van der Waals surface area contributed by atoms with E-state index in [1.54, 1.807) is 43.6 Å². The lowest BCUT2D eigenvalue weighted by Crippen LogP contribution is -2.12. The Morgan fingerprint density at radius 3 is 1.82 bits per heavy atom. The van der Waals surface area contributed by atoms with Crippen molar-refractivity contribution in [3.05, 3.63) is 127 Å². The van der Waals surface area contributed by atoms with Gasteiger partial charge < -0.3 is 10.6 Å². The summed E-state index contributed by atoms with van der Waals surface area (Å²) in [4.78, 5) is 26.4. The fraction of sp³-hybridized carbons (Fsp3) is 0.171. The van der Waals surface area contributed by atoms with Gasteiger partial charge in [0.2, 0.25) is 0 Å². The Hall–Kier alpha value is -4.77. The number of aliphatic imine (C=N–C) groups is 1. The Kier molecular flexibility index (Phi) is 18.7. The van der Waals surface area contributed by atoms with E-state index in [4.69, 9.17) is 0 Å². The van der Waals surface area contributed by atoms with Crippen LogP contribution < -0.4 is 10.6 Å². The summed E-state index contributed by atoms with van der Waals surface area (Å²) in [7, 11) is 3.61. The molecular weight excluding hydrogens is 494 g/mol. The number of hydrogen-bond acceptors (Lipinski definition) is 4. The first-order valence-electron chi connectivity index (χ1n) is 13.3. The summed E-state index contributed by atoms with van der Waals surface area (Å²) in [5.74, 6) is -0.158. The number of benzene rings is 3. The quantitative estimate of drug-likeness (QED) is 0.124. The van der Waals surface area contributed by atoms with Crippen LogP contribution >= 0.6 is 0 Å². The van der Waals surface area contributed by atoms with Gasteiger partial charge in [0.1, 0.15) is 6.29 Å². The number of amides is 1. The number of aldehydes is 1. The highest BCUT2D eigenvalue weighted by Crippen LogP contribution is 2.23. The molecule has 0 bridgehead atoms. The van der Waals surface area contributed by atoms with Crippen molar-refractivity contribution in [3.63, 3.8) is 0 Å². The Balaban J connectivity index is 0.00000108. The van der Waals surface area contributed by atoms with Gasteiger partial charge in [0, 0.05) is 42.8 Å². The number of nitrogens with one attached hydrogen (secondary N) is 2. The van der Waals surface area contributed by atoms with E-state index in [2.05, 4.69) is 47.5 Å². The molecule has 3 rings (SSSR count). The van der Waals surface area contributed by atoms with Gasteiger partial charge in [-0.1, -0.05) is 102 Å². The average molecular weight is 538 g/mol. The molecule has 0 aliphatic heterocycles. The molecule has 3 aromatic carbocycles. The van der Waals surface area contributed by atoms with Crippen LogP contribution in [0.3, 0.4) is 0 Å². The van der Waals surface area contributed by atoms with Crippen molar-refractivity contribution in [1.29, 1.82) is 0 Å². The number of nitrogens with zero attached hydrogens (tertiary/aromatic N) is 1. The molecule has 1 amide bonds. The van der Waals surface area contributed by atoms with Gasteiger partial charge in [-0.2, -0.15) is 0 Å². The summed E-state index contributed by atoms with van der Waals surface area (Å²) in [5, 5.41) is 6.05. The predicted molar refractivity (Wildman–Crippen MR) is 177 cm³/mol. The van der Waals surface area contributed by atoms with Crippen LogP contribution in [0, 0.1) is 0 Å². The van der Waals surface area contributed by atoms with E-state index in [1.165, 1.54) is 0 Å². The summed E-state index contributed by atoms with van der Waals surface area (Å²) in [5.41, 5.74) is 6.89. The molecule has 2 N–H and O–H groups in total. The molecule has 0 unspecified atom stereocenters. The molecule has 0 saturated carbocycles. The lowest BCUT2D eigenvalue weighted by Gasteiger charge is -2.09. The lowest BCUT2D eigenvalue weighted by atomic mass is 10.0. The van der Waals surface area contributed by atoms with E-state index < -0.39 is 0 Å². The maximum Gasteiger partial charge on any atom is 0.255 e. The van der Waals surface area contributed by atoms with Crippen LogP contribution in [-0.4, -0.2) is 32.5 Å². The molecular formula is C35H43N3O2. The van der Waals surface area contributed by atoms with Crippen molar-refractivity contribution in [2.45, 2.75) is 27.7 Å². The lowest BCUT2D eigenvalue weighted by molar-refractivity contribution is -0.104. The molecule has 0 spiro atoms. The molecule has 3 aromatic rings. The number of anilines is 2. The van der Waals surface area contributed by atoms with Crippen LogP contribution in [0.5, 0.6) is 0 Å². The maximum atomic E-state index is 12.6. The Morgan fingerprint density at radius 2 is 1.38 bits per heavy atom. The topological polar surface area (TPSA) is 70.6 Å². The minimum Gasteiger partial charge on any atom is -0.388 e. The van der Waals surface area contributed by atoms with Crippen LogP contribution in [0.4, 0.5) is 11.4 Å². The second-order valence-electron chi connectivity index (χ2n) is 7.58. The van der Waals surface area contributed by atoms with Crippen molar-refractivity contribution in [2.24, 2.45) is 4.99 Å². The first-order chi connectivity index (χ1) is 19.4. The summed E-state index contributed by atoms with van der Waals surface area (Å²) in [6.45, 7) is 18.6. The molecule has 0 aliphatic carbocycles. The highest BCUT2D eigenvalue weighted by atomic mass is 16.1. The number of allylic oxidation sites excluding steroid dienone is 4. The molecule has 0 atom stereocenters. The second kappa shape index (κ2) is 21.2. The first kappa shape index (κ1) is 35.2. The predicted octanol–water partition coefficient (Wildman–Crippen LogP) is 8.88. The standard InChI is InChI=1S/C24H23N3O.C7H8O.2C2H6/c1-4-17-15-20(5-6-21(17)16-25-2)24(28)27-23-13-9-19(10-14-23)18-7-11-22(26-3)12-8-18;1-3-4-5-7(2)6-8;2*1-2/h4-16,26H,1H2,2-3H3,(H,27,28);3-6H,1-2H2;2*1-2H3/b;5-4-;;. The molecule has 0 heterocycles. The third kappa shape index (κ3) is 12.2. The van der Waals surface area contributed by atoms with Crippen molar-refractivity contribution in [1.82, 2.24) is 0 Å². The highest BCUT2D eigenvalue weighted by Gasteiger charge is 2.09. The normalized spacial score (nSPS) is 9.55. The van der Waals surface area contributed by atoms with Crippen LogP contribution in [0.25, 0.3) is 17.2 Å². The molecule has 5 heteroatoms. The van der Waals surface area contributed by atoms with Crippen LogP contribution in [0.2, 0.25) is 0 Å². The smallest absolute Gasteiger partial charge is 0.255 e. The summed E-state index contributed by atoms with van der Waals surface area (Å²) in [6, 6.07) is 21.5. The first-order valence-corrected chi connectivity index (χ1v) is 13.3. The van der Waals surface area contributed by atoms with Crippen LogP contribution in [0.15, 0.2) is 115 Å². The van der Waals surface area contributed by atoms with Gasteiger partial charge in [0.25, 0.3) is 5.91 Å². The molecule has 0 aliphatic rings. The van der Waals surface area contributed by atoms with Crippen molar-refractivity contribution in [2.75, 3.05) is 24.7 Å². The molecule has 5 nitrogen and oxygen atoms in total. The van der Waals surface area contributed by atoms with Gasteiger partial charge >= 0.3 is 0 Å². The van der Waals surface area contributed by atoms with Gasteiger partial charge in [-0.05, 0) is 58.7 Å². The zero-order chi connectivity index (χ0) is 30.3. The van der Waals surface area contributed by atoms with Crippen LogP contribution in [0.1, 0.15) is 49.2 Å². The molecule has 210 valence electrons. The fourth-order valence-electron chi connectivity index (χ4n) is 3.16. The van der Waals surface area contributed by atoms with Crippen molar-refractivity contribution < 1.29 is 9.59 Å². The van der Waals surface area contributed by atoms with E-state index in [0.29, 0.717) is 17.4 Å². The van der Waals surface area contributed by atoms with Crippen molar-refractivity contribution >= 4 is 35.9 Å². The number of carbonyl (C=O) groups is 2. The average Bonchev–Trinajstić information content (AvgIpc) is 3.02. The summed E-state index contributed by atoms with van der Waals surface area (Å²) in [6.07, 6.45) is 9.02. The Bertz CT molecular complexity index is 1270. The van der Waals surface area contributed by atoms with E-state index in [9.17, 15) is 9.59 Å². The number of rotatable bonds is 9. The number of carbonyl (C=O) groups excluding carboxylic acids is 2. The summed E-state index contributed by atoms with van der Waals surface area (Å²) >= 11 is 0. The molecule has 0 saturated heterocycles. The second-order valence-corrected chi connectivity index (χ2v) is 7.58. The highest BCUT2D eigenvalue weighted by molar-refractivity contribution is 6.05. The van der Waals surface area contributed by atoms with Crippen LogP contribution in [-0.2, 0) is 4.79 Å². The fourth-order valence-corrected chi connectivity index (χ4v) is 3.16. The minimum absolute atomic E-state index is 0.158. The molecule has 0 fully saturated rings. The van der Waals surface area contributed by atoms with Gasteiger partial charge in [-0.15, -0.1) is 0 Å². The third-order valence-corrected chi connectivity index (χ3v) is 5.08. The third-order valence-electron chi connectivity index (χ3n) is 5.08. The van der Waals surface area contributed by atoms with E-state index >= 15 is 0 Å². The minimum atomic E-state index is -0.158. The Morgan fingerprint density at radius 1 is 0.825 bits per heavy atom. The van der Waals surface area contributed by atoms with Gasteiger partial charge in [0.15, 0.2) is 0 Å². The summed E-state index contributed by atoms with van der Waals surface area (Å²) < 4.78 is 0. The molecule has 0 radical (unpaired) electrons. The largest absolute Gasteiger partial charge is 0.388 e. The van der Waals surface area contributed by atoms with E-state index in [-0.39, 0.29) is 5.91 Å². The Labute approximate surface area is 240 Å². The monoisotopic (exact) mass is 537 g/mol. The van der Waals surface area contributed by atoms with E-state index in [0.717, 1.165) is 33.6 Å². The van der Waals surface area contributed by atoms with Crippen molar-refractivity contribution in [3.8, 4) is 11.1 Å².